The van der Waals surface area contributed by atoms with E-state index in [1.54, 1.807) is 18.2 Å². The highest BCUT2D eigenvalue weighted by molar-refractivity contribution is 6.04. The van der Waals surface area contributed by atoms with E-state index < -0.39 is 17.2 Å². The molecule has 6 heteroatoms. The fourth-order valence-corrected chi connectivity index (χ4v) is 2.57. The van der Waals surface area contributed by atoms with Crippen LogP contribution in [0.25, 0.3) is 10.9 Å². The molecule has 0 aliphatic heterocycles. The lowest BCUT2D eigenvalue weighted by atomic mass is 10.1. The number of benzene rings is 2. The van der Waals surface area contributed by atoms with Crippen LogP contribution in [0.4, 0.5) is 10.1 Å². The second kappa shape index (κ2) is 6.23. The first-order valence-electron chi connectivity index (χ1n) is 7.58. The first-order valence-corrected chi connectivity index (χ1v) is 7.58. The molecule has 1 aromatic heterocycles. The molecule has 0 saturated heterocycles. The van der Waals surface area contributed by atoms with Crippen molar-refractivity contribution >= 4 is 22.5 Å². The summed E-state index contributed by atoms with van der Waals surface area (Å²) in [4.78, 5) is 25.0. The molecule has 0 unspecified atom stereocenters. The Morgan fingerprint density at radius 1 is 1.25 bits per heavy atom. The molecule has 24 heavy (non-hydrogen) atoms. The van der Waals surface area contributed by atoms with Gasteiger partial charge >= 0.3 is 0 Å². The van der Waals surface area contributed by atoms with Gasteiger partial charge in [0.25, 0.3) is 5.91 Å². The summed E-state index contributed by atoms with van der Waals surface area (Å²) >= 11 is 0. The minimum absolute atomic E-state index is 0.140. The van der Waals surface area contributed by atoms with Gasteiger partial charge in [0.05, 0.1) is 10.9 Å². The third kappa shape index (κ3) is 2.90. The van der Waals surface area contributed by atoms with E-state index >= 15 is 0 Å². The molecular formula is C18H16FN3O2. The molecule has 0 aliphatic rings. The van der Waals surface area contributed by atoms with Crippen molar-refractivity contribution in [2.45, 2.75) is 20.4 Å². The first-order chi connectivity index (χ1) is 11.5. The van der Waals surface area contributed by atoms with Crippen molar-refractivity contribution in [2.75, 3.05) is 5.32 Å². The van der Waals surface area contributed by atoms with Gasteiger partial charge in [-0.3, -0.25) is 14.3 Å². The Kier molecular flexibility index (Phi) is 4.12. The SMILES string of the molecule is CCn1nc(C(=O)Nc2cccc(C)c2)c(=O)c2cc(F)ccc21. The maximum absolute atomic E-state index is 13.5. The summed E-state index contributed by atoms with van der Waals surface area (Å²) < 4.78 is 15.0. The highest BCUT2D eigenvalue weighted by Crippen LogP contribution is 2.14. The lowest BCUT2D eigenvalue weighted by Crippen LogP contribution is -2.27. The van der Waals surface area contributed by atoms with Crippen LogP contribution in [-0.4, -0.2) is 15.7 Å². The number of nitrogens with one attached hydrogen (secondary N) is 1. The van der Waals surface area contributed by atoms with E-state index in [9.17, 15) is 14.0 Å². The Bertz CT molecular complexity index is 995. The van der Waals surface area contributed by atoms with Crippen LogP contribution in [0.5, 0.6) is 0 Å². The van der Waals surface area contributed by atoms with Gasteiger partial charge in [-0.15, -0.1) is 0 Å². The fourth-order valence-electron chi connectivity index (χ4n) is 2.57. The molecule has 0 fully saturated rings. The van der Waals surface area contributed by atoms with E-state index in [0.717, 1.165) is 11.6 Å². The number of anilines is 1. The molecule has 2 aromatic carbocycles. The molecule has 122 valence electrons. The molecule has 3 aromatic rings. The molecule has 0 spiro atoms. The number of carbonyl (C=O) groups excluding carboxylic acids is 1. The summed E-state index contributed by atoms with van der Waals surface area (Å²) in [6.07, 6.45) is 0. The zero-order valence-corrected chi connectivity index (χ0v) is 13.3. The van der Waals surface area contributed by atoms with Gasteiger partial charge in [0.15, 0.2) is 5.69 Å². The first kappa shape index (κ1) is 15.9. The molecule has 1 amide bonds. The summed E-state index contributed by atoms with van der Waals surface area (Å²) in [6.45, 7) is 4.19. The molecule has 3 rings (SSSR count). The standard InChI is InChI=1S/C18H16FN3O2/c1-3-22-15-8-7-12(19)10-14(15)17(23)16(21-22)18(24)20-13-6-4-5-11(2)9-13/h4-10H,3H2,1-2H3,(H,20,24). The number of fused-ring (bicyclic) bond motifs is 1. The highest BCUT2D eigenvalue weighted by Gasteiger charge is 2.17. The van der Waals surface area contributed by atoms with Gasteiger partial charge in [0, 0.05) is 12.2 Å². The number of amides is 1. The molecule has 0 radical (unpaired) electrons. The van der Waals surface area contributed by atoms with E-state index in [0.29, 0.717) is 17.7 Å². The molecule has 0 bridgehead atoms. The maximum atomic E-state index is 13.5. The van der Waals surface area contributed by atoms with Gasteiger partial charge in [0.1, 0.15) is 5.82 Å². The molecule has 0 saturated carbocycles. The number of hydrogen-bond acceptors (Lipinski definition) is 3. The average Bonchev–Trinajstić information content (AvgIpc) is 2.55. The van der Waals surface area contributed by atoms with Crippen molar-refractivity contribution in [1.82, 2.24) is 9.78 Å². The summed E-state index contributed by atoms with van der Waals surface area (Å²) in [6, 6.07) is 11.1. The number of rotatable bonds is 3. The number of hydrogen-bond donors (Lipinski definition) is 1. The van der Waals surface area contributed by atoms with Crippen molar-refractivity contribution in [3.63, 3.8) is 0 Å². The van der Waals surface area contributed by atoms with E-state index in [2.05, 4.69) is 10.4 Å². The van der Waals surface area contributed by atoms with Crippen LogP contribution in [0.2, 0.25) is 0 Å². The van der Waals surface area contributed by atoms with Crippen molar-refractivity contribution in [1.29, 1.82) is 0 Å². The van der Waals surface area contributed by atoms with E-state index in [-0.39, 0.29) is 11.1 Å². The van der Waals surface area contributed by atoms with Gasteiger partial charge < -0.3 is 5.32 Å². The smallest absolute Gasteiger partial charge is 0.280 e. The number of nitrogens with zero attached hydrogens (tertiary/aromatic N) is 2. The van der Waals surface area contributed by atoms with Crippen molar-refractivity contribution in [2.24, 2.45) is 0 Å². The third-order valence-corrected chi connectivity index (χ3v) is 3.71. The Morgan fingerprint density at radius 2 is 2.04 bits per heavy atom. The molecule has 1 heterocycles. The summed E-state index contributed by atoms with van der Waals surface area (Å²) in [7, 11) is 0. The molecular weight excluding hydrogens is 309 g/mol. The fraction of sp³-hybridized carbons (Fsp3) is 0.167. The van der Waals surface area contributed by atoms with E-state index in [1.165, 1.54) is 16.8 Å². The number of aryl methyl sites for hydroxylation is 2. The van der Waals surface area contributed by atoms with Crippen molar-refractivity contribution < 1.29 is 9.18 Å². The van der Waals surface area contributed by atoms with Crippen LogP contribution >= 0.6 is 0 Å². The Morgan fingerprint density at radius 3 is 2.75 bits per heavy atom. The topological polar surface area (TPSA) is 64.0 Å². The Balaban J connectivity index is 2.10. The van der Waals surface area contributed by atoms with Gasteiger partial charge in [-0.1, -0.05) is 12.1 Å². The molecule has 0 aliphatic carbocycles. The van der Waals surface area contributed by atoms with Gasteiger partial charge in [0.2, 0.25) is 5.43 Å². The van der Waals surface area contributed by atoms with Crippen LogP contribution in [0.1, 0.15) is 23.0 Å². The lowest BCUT2D eigenvalue weighted by molar-refractivity contribution is 0.101. The Labute approximate surface area is 137 Å². The molecule has 0 atom stereocenters. The van der Waals surface area contributed by atoms with Crippen LogP contribution in [0, 0.1) is 12.7 Å². The Hall–Kier alpha value is -3.02. The molecule has 5 nitrogen and oxygen atoms in total. The second-order valence-corrected chi connectivity index (χ2v) is 5.48. The minimum Gasteiger partial charge on any atom is -0.320 e. The molecule has 1 N–H and O–H groups in total. The third-order valence-electron chi connectivity index (χ3n) is 3.71. The van der Waals surface area contributed by atoms with Crippen LogP contribution in [0.3, 0.4) is 0 Å². The number of carbonyl (C=O) groups is 1. The van der Waals surface area contributed by atoms with Gasteiger partial charge in [-0.05, 0) is 49.7 Å². The maximum Gasteiger partial charge on any atom is 0.280 e. The lowest BCUT2D eigenvalue weighted by Gasteiger charge is -2.11. The van der Waals surface area contributed by atoms with Crippen molar-refractivity contribution in [3.8, 4) is 0 Å². The monoisotopic (exact) mass is 325 g/mol. The minimum atomic E-state index is -0.612. The van der Waals surface area contributed by atoms with E-state index in [1.807, 2.05) is 19.9 Å². The van der Waals surface area contributed by atoms with Crippen molar-refractivity contribution in [3.05, 3.63) is 69.8 Å². The summed E-state index contributed by atoms with van der Waals surface area (Å²) in [5, 5.41) is 6.94. The quantitative estimate of drug-likeness (QED) is 0.805. The van der Waals surface area contributed by atoms with Gasteiger partial charge in [-0.25, -0.2) is 4.39 Å². The normalized spacial score (nSPS) is 10.8. The average molecular weight is 325 g/mol. The highest BCUT2D eigenvalue weighted by atomic mass is 19.1. The zero-order valence-electron chi connectivity index (χ0n) is 13.3. The zero-order chi connectivity index (χ0) is 17.3. The van der Waals surface area contributed by atoms with Gasteiger partial charge in [-0.2, -0.15) is 5.10 Å². The summed E-state index contributed by atoms with van der Waals surface area (Å²) in [5.74, 6) is -1.14. The second-order valence-electron chi connectivity index (χ2n) is 5.48. The van der Waals surface area contributed by atoms with E-state index in [4.69, 9.17) is 0 Å². The number of aromatic nitrogens is 2. The van der Waals surface area contributed by atoms with Crippen LogP contribution in [0.15, 0.2) is 47.3 Å². The largest absolute Gasteiger partial charge is 0.320 e. The number of halogens is 1. The predicted octanol–water partition coefficient (Wildman–Crippen LogP) is 3.12. The van der Waals surface area contributed by atoms with Crippen LogP contribution in [-0.2, 0) is 6.54 Å². The predicted molar refractivity (Wildman–Crippen MR) is 90.8 cm³/mol. The summed E-state index contributed by atoms with van der Waals surface area (Å²) in [5.41, 5.74) is 1.21. The van der Waals surface area contributed by atoms with Crippen LogP contribution < -0.4 is 10.7 Å².